The first-order valence-electron chi connectivity index (χ1n) is 10.1. The van der Waals surface area contributed by atoms with Gasteiger partial charge in [-0.1, -0.05) is 48.5 Å². The van der Waals surface area contributed by atoms with Crippen LogP contribution in [0.3, 0.4) is 0 Å². The number of para-hydroxylation sites is 1. The van der Waals surface area contributed by atoms with Crippen LogP contribution >= 0.6 is 0 Å². The van der Waals surface area contributed by atoms with Crippen molar-refractivity contribution in [1.29, 1.82) is 0 Å². The highest BCUT2D eigenvalue weighted by atomic mass is 32.2. The van der Waals surface area contributed by atoms with Crippen molar-refractivity contribution in [2.75, 3.05) is 16.6 Å². The predicted molar refractivity (Wildman–Crippen MR) is 123 cm³/mol. The van der Waals surface area contributed by atoms with Crippen molar-refractivity contribution in [1.82, 2.24) is 0 Å². The summed E-state index contributed by atoms with van der Waals surface area (Å²) in [6.45, 7) is 0.261. The number of carbonyl (C=O) groups excluding carboxylic acids is 2. The molecular weight excluding hydrogens is 428 g/mol. The van der Waals surface area contributed by atoms with E-state index in [-0.39, 0.29) is 30.3 Å². The van der Waals surface area contributed by atoms with E-state index in [2.05, 4.69) is 10.0 Å². The number of anilines is 2. The van der Waals surface area contributed by atoms with Crippen molar-refractivity contribution in [3.63, 3.8) is 0 Å². The Bertz CT molecular complexity index is 1130. The average Bonchev–Trinajstić information content (AvgIpc) is 2.79. The van der Waals surface area contributed by atoms with Crippen molar-refractivity contribution in [2.45, 2.75) is 24.2 Å². The zero-order chi connectivity index (χ0) is 22.8. The number of amides is 1. The van der Waals surface area contributed by atoms with E-state index in [4.69, 9.17) is 4.74 Å². The number of hydrogen-bond acceptors (Lipinski definition) is 5. The molecule has 0 spiro atoms. The summed E-state index contributed by atoms with van der Waals surface area (Å²) in [6.07, 6.45) is 0.557. The first kappa shape index (κ1) is 23.0. The first-order chi connectivity index (χ1) is 15.4. The van der Waals surface area contributed by atoms with Gasteiger partial charge in [-0.15, -0.1) is 0 Å². The van der Waals surface area contributed by atoms with E-state index in [1.54, 1.807) is 30.3 Å². The summed E-state index contributed by atoms with van der Waals surface area (Å²) in [5.74, 6) is -0.799. The number of sulfonamides is 1. The van der Waals surface area contributed by atoms with Gasteiger partial charge in [-0.25, -0.2) is 8.42 Å². The van der Waals surface area contributed by atoms with Crippen LogP contribution in [0, 0.1) is 0 Å². The second kappa shape index (κ2) is 11.1. The number of rotatable bonds is 10. The van der Waals surface area contributed by atoms with E-state index in [1.165, 1.54) is 24.3 Å². The Hall–Kier alpha value is -3.65. The molecule has 0 saturated carbocycles. The molecule has 2 N–H and O–H groups in total. The Labute approximate surface area is 187 Å². The normalized spacial score (nSPS) is 10.9. The first-order valence-corrected chi connectivity index (χ1v) is 11.6. The lowest BCUT2D eigenvalue weighted by Gasteiger charge is -2.09. The van der Waals surface area contributed by atoms with E-state index in [9.17, 15) is 18.0 Å². The second-order valence-corrected chi connectivity index (χ2v) is 8.68. The minimum absolute atomic E-state index is 0.0280. The van der Waals surface area contributed by atoms with Crippen LogP contribution in [0.15, 0.2) is 89.8 Å². The summed E-state index contributed by atoms with van der Waals surface area (Å²) >= 11 is 0. The van der Waals surface area contributed by atoms with Gasteiger partial charge in [0.25, 0.3) is 10.0 Å². The lowest BCUT2D eigenvalue weighted by molar-refractivity contribution is -0.144. The van der Waals surface area contributed by atoms with E-state index in [0.29, 0.717) is 17.8 Å². The minimum atomic E-state index is -3.73. The zero-order valence-corrected chi connectivity index (χ0v) is 18.2. The SMILES string of the molecule is O=C(CCC(=O)OCCc1ccccc1)Nc1ccc(S(=O)(=O)Nc2ccccc2)cc1. The molecule has 0 atom stereocenters. The maximum absolute atomic E-state index is 12.4. The molecule has 0 unspecified atom stereocenters. The Morgan fingerprint density at radius 2 is 1.38 bits per heavy atom. The highest BCUT2D eigenvalue weighted by Crippen LogP contribution is 2.18. The lowest BCUT2D eigenvalue weighted by atomic mass is 10.2. The number of carbonyl (C=O) groups is 2. The van der Waals surface area contributed by atoms with Gasteiger partial charge in [-0.2, -0.15) is 0 Å². The molecule has 3 aromatic carbocycles. The number of ether oxygens (including phenoxy) is 1. The molecule has 0 aliphatic heterocycles. The van der Waals surface area contributed by atoms with Gasteiger partial charge >= 0.3 is 5.97 Å². The Morgan fingerprint density at radius 3 is 2.03 bits per heavy atom. The summed E-state index contributed by atoms with van der Waals surface area (Å²) in [7, 11) is -3.73. The predicted octanol–water partition coefficient (Wildman–Crippen LogP) is 3.99. The number of hydrogen-bond donors (Lipinski definition) is 2. The van der Waals surface area contributed by atoms with Gasteiger partial charge in [0.1, 0.15) is 0 Å². The molecule has 166 valence electrons. The maximum Gasteiger partial charge on any atom is 0.306 e. The summed E-state index contributed by atoms with van der Waals surface area (Å²) in [5, 5.41) is 2.65. The maximum atomic E-state index is 12.4. The molecular formula is C24H24N2O5S. The van der Waals surface area contributed by atoms with Crippen molar-refractivity contribution >= 4 is 33.3 Å². The number of benzene rings is 3. The minimum Gasteiger partial charge on any atom is -0.465 e. The monoisotopic (exact) mass is 452 g/mol. The number of esters is 1. The Morgan fingerprint density at radius 1 is 0.750 bits per heavy atom. The van der Waals surface area contributed by atoms with Gasteiger partial charge in [0.2, 0.25) is 5.91 Å². The summed E-state index contributed by atoms with van der Waals surface area (Å²) < 4.78 is 32.5. The van der Waals surface area contributed by atoms with Crippen LogP contribution in [-0.2, 0) is 30.8 Å². The van der Waals surface area contributed by atoms with Crippen molar-refractivity contribution in [2.24, 2.45) is 0 Å². The Balaban J connectivity index is 1.42. The van der Waals surface area contributed by atoms with Crippen LogP contribution in [0.25, 0.3) is 0 Å². The fraction of sp³-hybridized carbons (Fsp3) is 0.167. The zero-order valence-electron chi connectivity index (χ0n) is 17.4. The Kier molecular flexibility index (Phi) is 7.99. The van der Waals surface area contributed by atoms with Gasteiger partial charge in [0, 0.05) is 24.2 Å². The van der Waals surface area contributed by atoms with E-state index in [1.807, 2.05) is 30.3 Å². The van der Waals surface area contributed by atoms with E-state index < -0.39 is 16.0 Å². The van der Waals surface area contributed by atoms with Crippen LogP contribution in [0.2, 0.25) is 0 Å². The third kappa shape index (κ3) is 7.24. The fourth-order valence-electron chi connectivity index (χ4n) is 2.88. The van der Waals surface area contributed by atoms with Crippen molar-refractivity contribution in [3.05, 3.63) is 90.5 Å². The summed E-state index contributed by atoms with van der Waals surface area (Å²) in [5.41, 5.74) is 1.97. The van der Waals surface area contributed by atoms with E-state index >= 15 is 0 Å². The van der Waals surface area contributed by atoms with Gasteiger partial charge in [0.05, 0.1) is 17.9 Å². The molecule has 3 aromatic rings. The van der Waals surface area contributed by atoms with Crippen LogP contribution in [0.4, 0.5) is 11.4 Å². The molecule has 0 heterocycles. The smallest absolute Gasteiger partial charge is 0.306 e. The fourth-order valence-corrected chi connectivity index (χ4v) is 3.93. The third-order valence-electron chi connectivity index (χ3n) is 4.53. The van der Waals surface area contributed by atoms with Crippen LogP contribution in [0.1, 0.15) is 18.4 Å². The molecule has 0 bridgehead atoms. The van der Waals surface area contributed by atoms with Crippen molar-refractivity contribution in [3.8, 4) is 0 Å². The van der Waals surface area contributed by atoms with Gasteiger partial charge in [0.15, 0.2) is 0 Å². The third-order valence-corrected chi connectivity index (χ3v) is 5.92. The molecule has 0 aromatic heterocycles. The van der Waals surface area contributed by atoms with Crippen molar-refractivity contribution < 1.29 is 22.7 Å². The molecule has 3 rings (SSSR count). The standard InChI is InChI=1S/C24H24N2O5S/c27-23(15-16-24(28)31-18-17-19-7-3-1-4-8-19)25-20-11-13-22(14-12-20)32(29,30)26-21-9-5-2-6-10-21/h1-14,26H,15-18H2,(H,25,27). The van der Waals surface area contributed by atoms with Crippen LogP contribution < -0.4 is 10.0 Å². The highest BCUT2D eigenvalue weighted by Gasteiger charge is 2.14. The second-order valence-electron chi connectivity index (χ2n) is 7.00. The van der Waals surface area contributed by atoms with Crippen LogP contribution in [0.5, 0.6) is 0 Å². The molecule has 0 saturated heterocycles. The molecule has 0 radical (unpaired) electrons. The summed E-state index contributed by atoms with van der Waals surface area (Å²) in [4.78, 5) is 24.0. The molecule has 0 aliphatic rings. The lowest BCUT2D eigenvalue weighted by Crippen LogP contribution is -2.16. The molecule has 1 amide bonds. The number of nitrogens with one attached hydrogen (secondary N) is 2. The summed E-state index contributed by atoms with van der Waals surface area (Å²) in [6, 6.07) is 24.0. The molecule has 32 heavy (non-hydrogen) atoms. The van der Waals surface area contributed by atoms with Gasteiger partial charge < -0.3 is 10.1 Å². The van der Waals surface area contributed by atoms with Gasteiger partial charge in [-0.05, 0) is 42.0 Å². The molecule has 0 aliphatic carbocycles. The topological polar surface area (TPSA) is 102 Å². The average molecular weight is 453 g/mol. The molecule has 7 nitrogen and oxygen atoms in total. The molecule has 8 heteroatoms. The quantitative estimate of drug-likeness (QED) is 0.453. The highest BCUT2D eigenvalue weighted by molar-refractivity contribution is 7.92. The largest absolute Gasteiger partial charge is 0.465 e. The van der Waals surface area contributed by atoms with Crippen LogP contribution in [-0.4, -0.2) is 26.9 Å². The van der Waals surface area contributed by atoms with E-state index in [0.717, 1.165) is 5.56 Å². The molecule has 0 fully saturated rings. The van der Waals surface area contributed by atoms with Gasteiger partial charge in [-0.3, -0.25) is 14.3 Å².